The van der Waals surface area contributed by atoms with Crippen molar-refractivity contribution in [3.05, 3.63) is 120 Å². The zero-order chi connectivity index (χ0) is 23.2. The van der Waals surface area contributed by atoms with Crippen LogP contribution in [0, 0.1) is 13.8 Å². The molecular formula is C32H25BO. The van der Waals surface area contributed by atoms with E-state index in [1.54, 1.807) is 12.1 Å². The number of fused-ring (bicyclic) bond motifs is 3. The molecule has 0 bridgehead atoms. The van der Waals surface area contributed by atoms with Crippen LogP contribution in [-0.4, -0.2) is 11.8 Å². The molecule has 2 heteroatoms. The SMILES string of the molecule is Cc1ccccc1-c1cc(-c2ccc3c(c2)-c2ccccc2B3c2ccc(O)cc2)ccc1C. The molecule has 162 valence electrons. The first kappa shape index (κ1) is 20.6. The van der Waals surface area contributed by atoms with Crippen LogP contribution in [0.25, 0.3) is 33.4 Å². The number of hydrogen-bond acceptors (Lipinski definition) is 1. The third-order valence-electron chi connectivity index (χ3n) is 7.16. The molecule has 0 aromatic heterocycles. The van der Waals surface area contributed by atoms with Gasteiger partial charge in [-0.3, -0.25) is 0 Å². The van der Waals surface area contributed by atoms with Crippen LogP contribution in [0.15, 0.2) is 109 Å². The maximum atomic E-state index is 9.79. The molecule has 5 aromatic rings. The molecule has 0 aliphatic carbocycles. The van der Waals surface area contributed by atoms with Crippen molar-refractivity contribution in [2.75, 3.05) is 0 Å². The fraction of sp³-hybridized carbons (Fsp3) is 0.0625. The molecule has 1 heterocycles. The molecule has 0 spiro atoms. The summed E-state index contributed by atoms with van der Waals surface area (Å²) >= 11 is 0. The predicted molar refractivity (Wildman–Crippen MR) is 145 cm³/mol. The zero-order valence-electron chi connectivity index (χ0n) is 19.4. The van der Waals surface area contributed by atoms with E-state index in [4.69, 9.17) is 0 Å². The maximum absolute atomic E-state index is 9.79. The highest BCUT2D eigenvalue weighted by atomic mass is 16.3. The van der Waals surface area contributed by atoms with Crippen LogP contribution >= 0.6 is 0 Å². The van der Waals surface area contributed by atoms with Crippen LogP contribution < -0.4 is 16.4 Å². The smallest absolute Gasteiger partial charge is 0.242 e. The van der Waals surface area contributed by atoms with E-state index in [-0.39, 0.29) is 6.71 Å². The van der Waals surface area contributed by atoms with Crippen molar-refractivity contribution in [2.45, 2.75) is 13.8 Å². The zero-order valence-corrected chi connectivity index (χ0v) is 19.4. The predicted octanol–water partition coefficient (Wildman–Crippen LogP) is 5.84. The van der Waals surface area contributed by atoms with E-state index in [9.17, 15) is 5.11 Å². The topological polar surface area (TPSA) is 20.2 Å². The number of rotatable bonds is 3. The first-order valence-electron chi connectivity index (χ1n) is 11.8. The Morgan fingerprint density at radius 1 is 0.500 bits per heavy atom. The first-order chi connectivity index (χ1) is 16.6. The van der Waals surface area contributed by atoms with Crippen LogP contribution in [0.2, 0.25) is 0 Å². The van der Waals surface area contributed by atoms with Gasteiger partial charge < -0.3 is 5.11 Å². The molecule has 0 saturated carbocycles. The Hall–Kier alpha value is -4.04. The van der Waals surface area contributed by atoms with Gasteiger partial charge in [-0.1, -0.05) is 101 Å². The summed E-state index contributed by atoms with van der Waals surface area (Å²) in [6.45, 7) is 4.55. The molecule has 0 radical (unpaired) electrons. The van der Waals surface area contributed by atoms with E-state index in [1.165, 1.54) is 60.9 Å². The average Bonchev–Trinajstić information content (AvgIpc) is 3.19. The van der Waals surface area contributed by atoms with Gasteiger partial charge in [-0.15, -0.1) is 0 Å². The summed E-state index contributed by atoms with van der Waals surface area (Å²) in [7, 11) is 0. The second-order valence-electron chi connectivity index (χ2n) is 9.26. The van der Waals surface area contributed by atoms with Crippen LogP contribution in [-0.2, 0) is 0 Å². The summed E-state index contributed by atoms with van der Waals surface area (Å²) in [5.41, 5.74) is 14.1. The molecule has 5 aromatic carbocycles. The summed E-state index contributed by atoms with van der Waals surface area (Å²) in [5, 5.41) is 9.79. The van der Waals surface area contributed by atoms with Gasteiger partial charge in [-0.2, -0.15) is 0 Å². The molecular weight excluding hydrogens is 411 g/mol. The highest BCUT2D eigenvalue weighted by molar-refractivity contribution is 6.99. The van der Waals surface area contributed by atoms with Gasteiger partial charge in [0.1, 0.15) is 5.75 Å². The number of phenolic OH excluding ortho intramolecular Hbond substituents is 1. The minimum atomic E-state index is 0.182. The van der Waals surface area contributed by atoms with E-state index in [0.717, 1.165) is 0 Å². The van der Waals surface area contributed by atoms with Crippen molar-refractivity contribution in [3.63, 3.8) is 0 Å². The van der Waals surface area contributed by atoms with E-state index < -0.39 is 0 Å². The normalized spacial score (nSPS) is 11.9. The third kappa shape index (κ3) is 3.35. The Morgan fingerprint density at radius 2 is 1.09 bits per heavy atom. The number of benzene rings is 5. The van der Waals surface area contributed by atoms with Crippen molar-refractivity contribution in [2.24, 2.45) is 0 Å². The van der Waals surface area contributed by atoms with E-state index in [1.807, 2.05) is 12.1 Å². The molecule has 6 rings (SSSR count). The second-order valence-corrected chi connectivity index (χ2v) is 9.26. The van der Waals surface area contributed by atoms with Gasteiger partial charge in [0.05, 0.1) is 0 Å². The van der Waals surface area contributed by atoms with Crippen LogP contribution in [0.5, 0.6) is 5.75 Å². The lowest BCUT2D eigenvalue weighted by Crippen LogP contribution is -2.48. The number of hydrogen-bond donors (Lipinski definition) is 1. The second kappa shape index (κ2) is 8.07. The summed E-state index contributed by atoms with van der Waals surface area (Å²) in [6.07, 6.45) is 0. The quantitative estimate of drug-likeness (QED) is 0.346. The van der Waals surface area contributed by atoms with Gasteiger partial charge in [-0.05, 0) is 82.6 Å². The molecule has 0 unspecified atom stereocenters. The Balaban J connectivity index is 1.49. The Morgan fingerprint density at radius 3 is 1.85 bits per heavy atom. The standard InChI is InChI=1S/C32H25BO/c1-21-7-3-4-8-27(21)29-19-23(12-11-22(29)2)24-13-18-32-30(20-24)28-9-5-6-10-31(28)33(32)25-14-16-26(34)17-15-25/h3-20,34H,1-2H3. The molecule has 1 N–H and O–H groups in total. The molecule has 0 amide bonds. The van der Waals surface area contributed by atoms with E-state index >= 15 is 0 Å². The lowest BCUT2D eigenvalue weighted by molar-refractivity contribution is 0.475. The number of aryl methyl sites for hydroxylation is 2. The first-order valence-corrected chi connectivity index (χ1v) is 11.8. The molecule has 1 nitrogen and oxygen atoms in total. The molecule has 0 saturated heterocycles. The third-order valence-corrected chi connectivity index (χ3v) is 7.16. The van der Waals surface area contributed by atoms with Gasteiger partial charge in [0.25, 0.3) is 0 Å². The largest absolute Gasteiger partial charge is 0.508 e. The van der Waals surface area contributed by atoms with E-state index in [0.29, 0.717) is 5.75 Å². The van der Waals surface area contributed by atoms with Gasteiger partial charge in [0.15, 0.2) is 0 Å². The molecule has 34 heavy (non-hydrogen) atoms. The number of aromatic hydroxyl groups is 1. The fourth-order valence-electron chi connectivity index (χ4n) is 5.38. The van der Waals surface area contributed by atoms with Crippen LogP contribution in [0.3, 0.4) is 0 Å². The summed E-state index contributed by atoms with van der Waals surface area (Å²) in [4.78, 5) is 0. The monoisotopic (exact) mass is 436 g/mol. The van der Waals surface area contributed by atoms with Crippen molar-refractivity contribution in [3.8, 4) is 39.1 Å². The molecule has 0 atom stereocenters. The van der Waals surface area contributed by atoms with Gasteiger partial charge in [-0.25, -0.2) is 0 Å². The van der Waals surface area contributed by atoms with Crippen molar-refractivity contribution >= 4 is 23.1 Å². The number of phenols is 1. The Bertz CT molecular complexity index is 1530. The maximum Gasteiger partial charge on any atom is 0.242 e. The summed E-state index contributed by atoms with van der Waals surface area (Å²) < 4.78 is 0. The van der Waals surface area contributed by atoms with Crippen LogP contribution in [0.4, 0.5) is 0 Å². The summed E-state index contributed by atoms with van der Waals surface area (Å²) in [5.74, 6) is 0.300. The molecule has 0 fully saturated rings. The van der Waals surface area contributed by atoms with Gasteiger partial charge in [0, 0.05) is 0 Å². The van der Waals surface area contributed by atoms with Gasteiger partial charge in [0.2, 0.25) is 6.71 Å². The minimum Gasteiger partial charge on any atom is -0.508 e. The Kier molecular flexibility index (Phi) is 4.88. The van der Waals surface area contributed by atoms with Crippen molar-refractivity contribution < 1.29 is 5.11 Å². The Labute approximate surface area is 201 Å². The van der Waals surface area contributed by atoms with Crippen LogP contribution in [0.1, 0.15) is 11.1 Å². The van der Waals surface area contributed by atoms with Crippen molar-refractivity contribution in [1.82, 2.24) is 0 Å². The van der Waals surface area contributed by atoms with Crippen molar-refractivity contribution in [1.29, 1.82) is 0 Å². The lowest BCUT2D eigenvalue weighted by Gasteiger charge is -2.14. The van der Waals surface area contributed by atoms with E-state index in [2.05, 4.69) is 98.8 Å². The molecule has 1 aliphatic rings. The summed E-state index contributed by atoms with van der Waals surface area (Å²) in [6, 6.07) is 38.6. The highest BCUT2D eigenvalue weighted by Gasteiger charge is 2.33. The average molecular weight is 436 g/mol. The minimum absolute atomic E-state index is 0.182. The highest BCUT2D eigenvalue weighted by Crippen LogP contribution is 2.33. The fourth-order valence-corrected chi connectivity index (χ4v) is 5.38. The van der Waals surface area contributed by atoms with Gasteiger partial charge >= 0.3 is 0 Å². The lowest BCUT2D eigenvalue weighted by atomic mass is 9.39. The molecule has 1 aliphatic heterocycles.